The maximum atomic E-state index is 12.4. The van der Waals surface area contributed by atoms with Crippen LogP contribution in [0.25, 0.3) is 0 Å². The van der Waals surface area contributed by atoms with E-state index in [2.05, 4.69) is 58.7 Å². The smallest absolute Gasteiger partial charge is 0.225 e. The van der Waals surface area contributed by atoms with Crippen LogP contribution in [-0.4, -0.2) is 36.0 Å². The molecule has 0 saturated carbocycles. The van der Waals surface area contributed by atoms with Gasteiger partial charge in [-0.15, -0.1) is 0 Å². The molecule has 1 heterocycles. The van der Waals surface area contributed by atoms with E-state index in [1.54, 1.807) is 0 Å². The van der Waals surface area contributed by atoms with Crippen molar-refractivity contribution in [2.75, 3.05) is 19.6 Å². The summed E-state index contributed by atoms with van der Waals surface area (Å²) in [5, 5.41) is 3.74. The molecule has 33 heavy (non-hydrogen) atoms. The first-order chi connectivity index (χ1) is 15.7. The first-order valence-corrected chi connectivity index (χ1v) is 14.7. The monoisotopic (exact) mass is 464 g/mol. The van der Waals surface area contributed by atoms with Gasteiger partial charge in [0, 0.05) is 24.5 Å². The summed E-state index contributed by atoms with van der Waals surface area (Å²) in [6.07, 6.45) is 19.8. The van der Waals surface area contributed by atoms with Crippen molar-refractivity contribution in [3.05, 3.63) is 0 Å². The van der Waals surface area contributed by atoms with Gasteiger partial charge < -0.3 is 10.2 Å². The van der Waals surface area contributed by atoms with Gasteiger partial charge in [0.2, 0.25) is 5.91 Å². The second-order valence-corrected chi connectivity index (χ2v) is 12.3. The fourth-order valence-corrected chi connectivity index (χ4v) is 5.14. The molecule has 1 saturated heterocycles. The molecule has 0 spiro atoms. The van der Waals surface area contributed by atoms with E-state index < -0.39 is 0 Å². The first kappa shape index (κ1) is 30.5. The highest BCUT2D eigenvalue weighted by Gasteiger charge is 2.36. The summed E-state index contributed by atoms with van der Waals surface area (Å²) >= 11 is 0. The zero-order chi connectivity index (χ0) is 24.7. The van der Waals surface area contributed by atoms with Crippen molar-refractivity contribution in [2.24, 2.45) is 23.7 Å². The molecule has 0 radical (unpaired) electrons. The number of nitrogens with one attached hydrogen (secondary N) is 1. The average Bonchev–Trinajstić information content (AvgIpc) is 3.01. The first-order valence-electron chi connectivity index (χ1n) is 14.7. The van der Waals surface area contributed by atoms with Gasteiger partial charge in [-0.25, -0.2) is 0 Å². The summed E-state index contributed by atoms with van der Waals surface area (Å²) in [5.74, 6) is 2.63. The molecule has 1 aliphatic heterocycles. The van der Waals surface area contributed by atoms with E-state index in [-0.39, 0.29) is 11.5 Å². The second kappa shape index (κ2) is 17.0. The van der Waals surface area contributed by atoms with Gasteiger partial charge in [0.25, 0.3) is 0 Å². The highest BCUT2D eigenvalue weighted by molar-refractivity contribution is 5.81. The van der Waals surface area contributed by atoms with Crippen molar-refractivity contribution in [1.82, 2.24) is 10.2 Å². The molecule has 1 rings (SSSR count). The standard InChI is InChI=1S/C30H60N2O/c1-8-25(2)20-18-16-14-12-10-9-11-13-15-17-19-21-26(3)22-31-30(6,7)24-32-23-27(4)28(5)29(32)33/h25-28,31H,8-24H2,1-7H3. The van der Waals surface area contributed by atoms with E-state index in [9.17, 15) is 4.79 Å². The van der Waals surface area contributed by atoms with Gasteiger partial charge in [0.1, 0.15) is 0 Å². The number of rotatable bonds is 20. The van der Waals surface area contributed by atoms with Crippen LogP contribution in [0.5, 0.6) is 0 Å². The summed E-state index contributed by atoms with van der Waals surface area (Å²) in [4.78, 5) is 14.5. The summed E-state index contributed by atoms with van der Waals surface area (Å²) in [5.41, 5.74) is -0.0123. The van der Waals surface area contributed by atoms with Crippen molar-refractivity contribution >= 4 is 5.91 Å². The Bertz CT molecular complexity index is 504. The molecule has 4 atom stereocenters. The van der Waals surface area contributed by atoms with Crippen LogP contribution < -0.4 is 5.32 Å². The lowest BCUT2D eigenvalue weighted by molar-refractivity contribution is -0.131. The molecule has 0 aromatic heterocycles. The van der Waals surface area contributed by atoms with Gasteiger partial charge in [0.15, 0.2) is 0 Å². The van der Waals surface area contributed by atoms with Crippen molar-refractivity contribution in [1.29, 1.82) is 0 Å². The van der Waals surface area contributed by atoms with Gasteiger partial charge >= 0.3 is 0 Å². The van der Waals surface area contributed by atoms with Crippen molar-refractivity contribution in [3.8, 4) is 0 Å². The molecular weight excluding hydrogens is 404 g/mol. The molecule has 0 aromatic carbocycles. The van der Waals surface area contributed by atoms with Gasteiger partial charge in [-0.3, -0.25) is 4.79 Å². The van der Waals surface area contributed by atoms with Gasteiger partial charge in [-0.05, 0) is 44.6 Å². The summed E-state index contributed by atoms with van der Waals surface area (Å²) in [6.45, 7) is 18.6. The summed E-state index contributed by atoms with van der Waals surface area (Å²) in [7, 11) is 0. The molecule has 4 unspecified atom stereocenters. The third-order valence-electron chi connectivity index (χ3n) is 8.17. The molecule has 0 aromatic rings. The van der Waals surface area contributed by atoms with E-state index in [1.807, 2.05) is 0 Å². The number of likely N-dealkylation sites (tertiary alicyclic amines) is 1. The predicted octanol–water partition coefficient (Wildman–Crippen LogP) is 8.22. The van der Waals surface area contributed by atoms with E-state index in [4.69, 9.17) is 0 Å². The van der Waals surface area contributed by atoms with E-state index in [1.165, 1.54) is 89.9 Å². The van der Waals surface area contributed by atoms with Crippen molar-refractivity contribution in [2.45, 2.75) is 144 Å². The SMILES string of the molecule is CCC(C)CCCCCCCCCCCCCC(C)CNC(C)(C)CN1CC(C)C(C)C1=O. The molecule has 0 aliphatic carbocycles. The number of hydrogen-bond donors (Lipinski definition) is 1. The zero-order valence-electron chi connectivity index (χ0n) is 23.7. The molecule has 3 heteroatoms. The van der Waals surface area contributed by atoms with Crippen LogP contribution >= 0.6 is 0 Å². The molecule has 0 bridgehead atoms. The lowest BCUT2D eigenvalue weighted by Gasteiger charge is -2.32. The van der Waals surface area contributed by atoms with E-state index in [0.717, 1.165) is 25.6 Å². The Hall–Kier alpha value is -0.570. The zero-order valence-corrected chi connectivity index (χ0v) is 23.7. The van der Waals surface area contributed by atoms with Gasteiger partial charge in [0.05, 0.1) is 0 Å². The van der Waals surface area contributed by atoms with Crippen LogP contribution in [0.2, 0.25) is 0 Å². The minimum absolute atomic E-state index is 0.0123. The van der Waals surface area contributed by atoms with Gasteiger partial charge in [-0.2, -0.15) is 0 Å². The quantitative estimate of drug-likeness (QED) is 0.184. The Morgan fingerprint density at radius 1 is 0.848 bits per heavy atom. The largest absolute Gasteiger partial charge is 0.340 e. The molecule has 196 valence electrons. The second-order valence-electron chi connectivity index (χ2n) is 12.3. The molecular formula is C30H60N2O. The van der Waals surface area contributed by atoms with Gasteiger partial charge in [-0.1, -0.05) is 118 Å². The molecule has 1 fully saturated rings. The van der Waals surface area contributed by atoms with E-state index in [0.29, 0.717) is 17.7 Å². The number of nitrogens with zero attached hydrogens (tertiary/aromatic N) is 1. The van der Waals surface area contributed by atoms with Crippen LogP contribution in [-0.2, 0) is 4.79 Å². The fraction of sp³-hybridized carbons (Fsp3) is 0.967. The van der Waals surface area contributed by atoms with Crippen LogP contribution in [0, 0.1) is 23.7 Å². The summed E-state index contributed by atoms with van der Waals surface area (Å²) < 4.78 is 0. The third kappa shape index (κ3) is 13.8. The Balaban J connectivity index is 1.94. The number of unbranched alkanes of at least 4 members (excludes halogenated alkanes) is 10. The Morgan fingerprint density at radius 3 is 1.73 bits per heavy atom. The number of amides is 1. The molecule has 1 aliphatic rings. The molecule has 1 amide bonds. The maximum Gasteiger partial charge on any atom is 0.225 e. The Kier molecular flexibility index (Phi) is 15.7. The van der Waals surface area contributed by atoms with Crippen LogP contribution in [0.1, 0.15) is 138 Å². The minimum Gasteiger partial charge on any atom is -0.340 e. The lowest BCUT2D eigenvalue weighted by atomic mass is 9.98. The highest BCUT2D eigenvalue weighted by Crippen LogP contribution is 2.25. The lowest BCUT2D eigenvalue weighted by Crippen LogP contribution is -2.51. The molecule has 3 nitrogen and oxygen atoms in total. The average molecular weight is 465 g/mol. The minimum atomic E-state index is -0.0123. The number of carbonyl (C=O) groups is 1. The topological polar surface area (TPSA) is 32.3 Å². The Morgan fingerprint density at radius 2 is 1.30 bits per heavy atom. The van der Waals surface area contributed by atoms with Crippen LogP contribution in [0.15, 0.2) is 0 Å². The third-order valence-corrected chi connectivity index (χ3v) is 8.17. The highest BCUT2D eigenvalue weighted by atomic mass is 16.2. The fourth-order valence-electron chi connectivity index (χ4n) is 5.14. The normalized spacial score (nSPS) is 21.1. The van der Waals surface area contributed by atoms with E-state index >= 15 is 0 Å². The maximum absolute atomic E-state index is 12.4. The van der Waals surface area contributed by atoms with Crippen molar-refractivity contribution < 1.29 is 4.79 Å². The number of hydrogen-bond acceptors (Lipinski definition) is 2. The summed E-state index contributed by atoms with van der Waals surface area (Å²) in [6, 6.07) is 0. The molecule has 1 N–H and O–H groups in total. The van der Waals surface area contributed by atoms with Crippen LogP contribution in [0.3, 0.4) is 0 Å². The van der Waals surface area contributed by atoms with Crippen molar-refractivity contribution in [3.63, 3.8) is 0 Å². The Labute approximate surface area is 208 Å². The predicted molar refractivity (Wildman–Crippen MR) is 146 cm³/mol. The number of carbonyl (C=O) groups excluding carboxylic acids is 1. The van der Waals surface area contributed by atoms with Crippen LogP contribution in [0.4, 0.5) is 0 Å².